The summed E-state index contributed by atoms with van der Waals surface area (Å²) in [4.78, 5) is 5.91. The molecule has 18 heavy (non-hydrogen) atoms. The molecule has 5 heteroatoms. The molecule has 102 valence electrons. The molecule has 3 nitrogen and oxygen atoms in total. The third kappa shape index (κ3) is 3.31. The van der Waals surface area contributed by atoms with Crippen LogP contribution in [0.4, 0.5) is 20.4 Å². The molecule has 0 aromatic carbocycles. The van der Waals surface area contributed by atoms with Crippen LogP contribution in [0.25, 0.3) is 0 Å². The van der Waals surface area contributed by atoms with Crippen molar-refractivity contribution in [2.24, 2.45) is 0 Å². The Morgan fingerprint density at radius 1 is 1.28 bits per heavy atom. The summed E-state index contributed by atoms with van der Waals surface area (Å²) in [6.45, 7) is 9.03. The lowest BCUT2D eigenvalue weighted by molar-refractivity contribution is 0.558. The monoisotopic (exact) mass is 257 g/mol. The number of hydrogen-bond acceptors (Lipinski definition) is 3. The summed E-state index contributed by atoms with van der Waals surface area (Å²) in [6.07, 6.45) is 0.882. The summed E-state index contributed by atoms with van der Waals surface area (Å²) in [7, 11) is 0. The highest BCUT2D eigenvalue weighted by molar-refractivity contribution is 5.49. The molecule has 1 N–H and O–H groups in total. The van der Waals surface area contributed by atoms with Gasteiger partial charge in [-0.1, -0.05) is 6.92 Å². The zero-order valence-electron chi connectivity index (χ0n) is 11.4. The first kappa shape index (κ1) is 14.7. The van der Waals surface area contributed by atoms with E-state index in [9.17, 15) is 8.78 Å². The molecule has 0 fully saturated rings. The van der Waals surface area contributed by atoms with E-state index in [0.717, 1.165) is 12.5 Å². The number of aromatic nitrogens is 1. The maximum Gasteiger partial charge on any atom is 0.168 e. The minimum atomic E-state index is -0.654. The third-order valence-electron chi connectivity index (χ3n) is 2.62. The molecule has 0 radical (unpaired) electrons. The lowest BCUT2D eigenvalue weighted by Gasteiger charge is -2.28. The van der Waals surface area contributed by atoms with Crippen LogP contribution in [0.1, 0.15) is 34.1 Å². The van der Waals surface area contributed by atoms with E-state index in [1.54, 1.807) is 0 Å². The van der Waals surface area contributed by atoms with Crippen molar-refractivity contribution < 1.29 is 8.78 Å². The molecule has 0 aliphatic carbocycles. The van der Waals surface area contributed by atoms with Crippen molar-refractivity contribution in [2.75, 3.05) is 23.3 Å². The zero-order chi connectivity index (χ0) is 13.7. The molecule has 0 saturated heterocycles. The van der Waals surface area contributed by atoms with Crippen molar-refractivity contribution in [1.29, 1.82) is 0 Å². The number of anilines is 2. The van der Waals surface area contributed by atoms with Gasteiger partial charge in [0.25, 0.3) is 0 Å². The molecule has 1 aromatic rings. The van der Waals surface area contributed by atoms with Crippen molar-refractivity contribution in [1.82, 2.24) is 4.98 Å². The molecule has 0 unspecified atom stereocenters. The van der Waals surface area contributed by atoms with Gasteiger partial charge in [-0.25, -0.2) is 13.8 Å². The largest absolute Gasteiger partial charge is 0.368 e. The zero-order valence-corrected chi connectivity index (χ0v) is 11.4. The van der Waals surface area contributed by atoms with Crippen LogP contribution in [0.5, 0.6) is 0 Å². The predicted octanol–water partition coefficient (Wildman–Crippen LogP) is 3.42. The van der Waals surface area contributed by atoms with Gasteiger partial charge in [0.05, 0.1) is 0 Å². The van der Waals surface area contributed by atoms with Gasteiger partial charge in [-0.05, 0) is 27.2 Å². The quantitative estimate of drug-likeness (QED) is 0.846. The van der Waals surface area contributed by atoms with Crippen molar-refractivity contribution in [3.8, 4) is 0 Å². The maximum atomic E-state index is 13.8. The maximum absolute atomic E-state index is 13.8. The number of nitrogens with zero attached hydrogens (tertiary/aromatic N) is 2. The molecular formula is C13H21F2N3. The lowest BCUT2D eigenvalue weighted by atomic mass is 10.2. The fourth-order valence-corrected chi connectivity index (χ4v) is 1.80. The predicted molar refractivity (Wildman–Crippen MR) is 71.1 cm³/mol. The average Bonchev–Trinajstić information content (AvgIpc) is 2.30. The Labute approximate surface area is 107 Å². The van der Waals surface area contributed by atoms with Crippen LogP contribution in [-0.2, 0) is 0 Å². The summed E-state index contributed by atoms with van der Waals surface area (Å²) in [5, 5.41) is 2.80. The van der Waals surface area contributed by atoms with Crippen LogP contribution in [0.3, 0.4) is 0 Å². The Kier molecular flexibility index (Phi) is 5.31. The SMILES string of the molecule is CCCN(c1nc(NCC)c(F)cc1F)C(C)C. The van der Waals surface area contributed by atoms with Crippen LogP contribution in [0.2, 0.25) is 0 Å². The second-order valence-electron chi connectivity index (χ2n) is 4.44. The first-order valence-electron chi connectivity index (χ1n) is 6.37. The summed E-state index contributed by atoms with van der Waals surface area (Å²) in [6, 6.07) is 1.01. The van der Waals surface area contributed by atoms with E-state index >= 15 is 0 Å². The van der Waals surface area contributed by atoms with Gasteiger partial charge in [-0.2, -0.15) is 0 Å². The van der Waals surface area contributed by atoms with Crippen LogP contribution >= 0.6 is 0 Å². The molecule has 1 rings (SSSR count). The van der Waals surface area contributed by atoms with E-state index < -0.39 is 11.6 Å². The Morgan fingerprint density at radius 2 is 1.94 bits per heavy atom. The van der Waals surface area contributed by atoms with Crippen LogP contribution in [0.15, 0.2) is 6.07 Å². The molecule has 0 atom stereocenters. The van der Waals surface area contributed by atoms with Crippen LogP contribution in [-0.4, -0.2) is 24.1 Å². The highest BCUT2D eigenvalue weighted by Gasteiger charge is 2.18. The third-order valence-corrected chi connectivity index (χ3v) is 2.62. The van der Waals surface area contributed by atoms with Gasteiger partial charge in [-0.15, -0.1) is 0 Å². The molecular weight excluding hydrogens is 236 g/mol. The molecule has 0 aliphatic rings. The van der Waals surface area contributed by atoms with Crippen molar-refractivity contribution in [3.63, 3.8) is 0 Å². The second-order valence-corrected chi connectivity index (χ2v) is 4.44. The van der Waals surface area contributed by atoms with Gasteiger partial charge in [0.15, 0.2) is 23.3 Å². The van der Waals surface area contributed by atoms with E-state index in [-0.39, 0.29) is 17.7 Å². The second kappa shape index (κ2) is 6.52. The fraction of sp³-hybridized carbons (Fsp3) is 0.615. The highest BCUT2D eigenvalue weighted by Crippen LogP contribution is 2.24. The van der Waals surface area contributed by atoms with Gasteiger partial charge in [-0.3, -0.25) is 0 Å². The normalized spacial score (nSPS) is 10.8. The molecule has 0 saturated carbocycles. The molecule has 1 aromatic heterocycles. The molecule has 0 bridgehead atoms. The topological polar surface area (TPSA) is 28.2 Å². The minimum Gasteiger partial charge on any atom is -0.368 e. The Hall–Kier alpha value is -1.39. The number of hydrogen-bond donors (Lipinski definition) is 1. The first-order chi connectivity index (χ1) is 8.51. The molecule has 0 spiro atoms. The summed E-state index contributed by atoms with van der Waals surface area (Å²) < 4.78 is 27.3. The van der Waals surface area contributed by atoms with E-state index in [4.69, 9.17) is 0 Å². The molecule has 0 amide bonds. The number of halogens is 2. The smallest absolute Gasteiger partial charge is 0.168 e. The minimum absolute atomic E-state index is 0.107. The first-order valence-corrected chi connectivity index (χ1v) is 6.37. The standard InChI is InChI=1S/C13H21F2N3/c1-5-7-18(9(3)4)13-11(15)8-10(14)12(17-13)16-6-2/h8-9H,5-7H2,1-4H3,(H,16,17). The van der Waals surface area contributed by atoms with E-state index in [1.807, 2.05) is 32.6 Å². The summed E-state index contributed by atoms with van der Waals surface area (Å²) >= 11 is 0. The summed E-state index contributed by atoms with van der Waals surface area (Å²) in [5.74, 6) is -0.950. The van der Waals surface area contributed by atoms with Gasteiger partial charge in [0.1, 0.15) is 0 Å². The van der Waals surface area contributed by atoms with Crippen molar-refractivity contribution in [3.05, 3.63) is 17.7 Å². The lowest BCUT2D eigenvalue weighted by Crippen LogP contribution is -2.33. The fourth-order valence-electron chi connectivity index (χ4n) is 1.80. The van der Waals surface area contributed by atoms with Gasteiger partial charge in [0.2, 0.25) is 0 Å². The number of rotatable bonds is 6. The van der Waals surface area contributed by atoms with E-state index in [2.05, 4.69) is 10.3 Å². The van der Waals surface area contributed by atoms with Crippen LogP contribution in [0, 0.1) is 11.6 Å². The molecule has 0 aliphatic heterocycles. The summed E-state index contributed by atoms with van der Waals surface area (Å²) in [5.41, 5.74) is 0. The Morgan fingerprint density at radius 3 is 2.44 bits per heavy atom. The van der Waals surface area contributed by atoms with Crippen LogP contribution < -0.4 is 10.2 Å². The van der Waals surface area contributed by atoms with Gasteiger partial charge >= 0.3 is 0 Å². The molecule has 1 heterocycles. The van der Waals surface area contributed by atoms with Gasteiger partial charge in [0, 0.05) is 25.2 Å². The Bertz CT molecular complexity index is 394. The van der Waals surface area contributed by atoms with E-state index in [1.165, 1.54) is 0 Å². The highest BCUT2D eigenvalue weighted by atomic mass is 19.1. The van der Waals surface area contributed by atoms with Crippen molar-refractivity contribution in [2.45, 2.75) is 40.2 Å². The number of nitrogens with one attached hydrogen (secondary N) is 1. The average molecular weight is 257 g/mol. The number of pyridine rings is 1. The Balaban J connectivity index is 3.16. The van der Waals surface area contributed by atoms with E-state index in [0.29, 0.717) is 13.1 Å². The van der Waals surface area contributed by atoms with Crippen molar-refractivity contribution >= 4 is 11.6 Å². The van der Waals surface area contributed by atoms with Gasteiger partial charge < -0.3 is 10.2 Å².